The van der Waals surface area contributed by atoms with Crippen molar-refractivity contribution in [2.75, 3.05) is 24.2 Å². The van der Waals surface area contributed by atoms with E-state index in [9.17, 15) is 9.50 Å². The quantitative estimate of drug-likeness (QED) is 0.838. The van der Waals surface area contributed by atoms with Gasteiger partial charge < -0.3 is 14.1 Å². The van der Waals surface area contributed by atoms with Crippen molar-refractivity contribution in [3.8, 4) is 11.6 Å². The number of aromatic nitrogens is 1. The Bertz CT molecular complexity index is 737. The normalized spacial score (nSPS) is 12.6. The number of halogens is 1. The maximum absolute atomic E-state index is 14.8. The van der Waals surface area contributed by atoms with Crippen LogP contribution in [0.5, 0.6) is 11.6 Å². The Kier molecular flexibility index (Phi) is 5.41. The molecule has 1 aromatic heterocycles. The number of benzene rings is 1. The van der Waals surface area contributed by atoms with Crippen molar-refractivity contribution in [1.82, 2.24) is 4.98 Å². The average molecular weight is 339 g/mol. The SMILES string of the molecule is CC(C)CCOc1ccc2cc(O)c(N(C)S(C)=N)c(F)c2n1. The second-order valence-electron chi connectivity index (χ2n) is 5.79. The second-order valence-corrected chi connectivity index (χ2v) is 7.29. The molecule has 0 aliphatic carbocycles. The number of rotatable bonds is 6. The van der Waals surface area contributed by atoms with E-state index in [2.05, 4.69) is 18.8 Å². The molecule has 0 spiro atoms. The molecule has 0 radical (unpaired) electrons. The molecule has 0 bridgehead atoms. The molecular formula is C16H22FN3O2S. The van der Waals surface area contributed by atoms with E-state index in [1.54, 1.807) is 25.4 Å². The van der Waals surface area contributed by atoms with E-state index in [-0.39, 0.29) is 17.0 Å². The molecule has 0 aliphatic rings. The minimum atomic E-state index is -0.966. The molecule has 23 heavy (non-hydrogen) atoms. The summed E-state index contributed by atoms with van der Waals surface area (Å²) < 4.78 is 29.5. The Balaban J connectivity index is 2.42. The third-order valence-electron chi connectivity index (χ3n) is 3.52. The van der Waals surface area contributed by atoms with E-state index < -0.39 is 16.7 Å². The minimum absolute atomic E-state index is 0.00911. The number of hydrogen-bond donors (Lipinski definition) is 2. The van der Waals surface area contributed by atoms with Gasteiger partial charge in [-0.2, -0.15) is 0 Å². The average Bonchev–Trinajstić information content (AvgIpc) is 2.47. The molecule has 0 saturated carbocycles. The van der Waals surface area contributed by atoms with Gasteiger partial charge in [0, 0.05) is 24.8 Å². The van der Waals surface area contributed by atoms with Gasteiger partial charge in [-0.05, 0) is 35.3 Å². The van der Waals surface area contributed by atoms with E-state index in [1.165, 1.54) is 10.4 Å². The highest BCUT2D eigenvalue weighted by Crippen LogP contribution is 2.36. The summed E-state index contributed by atoms with van der Waals surface area (Å²) in [4.78, 5) is 4.22. The second kappa shape index (κ2) is 7.12. The van der Waals surface area contributed by atoms with Gasteiger partial charge in [0.2, 0.25) is 5.88 Å². The molecular weight excluding hydrogens is 317 g/mol. The largest absolute Gasteiger partial charge is 0.506 e. The lowest BCUT2D eigenvalue weighted by atomic mass is 10.1. The molecule has 5 nitrogen and oxygen atoms in total. The Hall–Kier alpha value is -1.89. The van der Waals surface area contributed by atoms with Crippen LogP contribution in [-0.2, 0) is 10.9 Å². The molecule has 2 rings (SSSR count). The van der Waals surface area contributed by atoms with Crippen LogP contribution in [0, 0.1) is 16.5 Å². The fraction of sp³-hybridized carbons (Fsp3) is 0.438. The molecule has 7 heteroatoms. The molecule has 1 atom stereocenters. The topological polar surface area (TPSA) is 69.4 Å². The third kappa shape index (κ3) is 3.90. The highest BCUT2D eigenvalue weighted by Gasteiger charge is 2.19. The number of aromatic hydroxyl groups is 1. The number of phenols is 1. The molecule has 0 fully saturated rings. The Morgan fingerprint density at radius 2 is 2.13 bits per heavy atom. The van der Waals surface area contributed by atoms with Gasteiger partial charge in [0.1, 0.15) is 17.0 Å². The molecule has 0 aliphatic heterocycles. The van der Waals surface area contributed by atoms with Crippen molar-refractivity contribution in [2.24, 2.45) is 5.92 Å². The first-order chi connectivity index (χ1) is 10.8. The van der Waals surface area contributed by atoms with Crippen LogP contribution in [0.2, 0.25) is 0 Å². The predicted octanol–water partition coefficient (Wildman–Crippen LogP) is 3.87. The summed E-state index contributed by atoms with van der Waals surface area (Å²) >= 11 is 0. The summed E-state index contributed by atoms with van der Waals surface area (Å²) in [5, 5.41) is 10.6. The Morgan fingerprint density at radius 1 is 1.43 bits per heavy atom. The molecule has 1 heterocycles. The van der Waals surface area contributed by atoms with E-state index in [4.69, 9.17) is 9.52 Å². The first-order valence-corrected chi connectivity index (χ1v) is 8.96. The Labute approximate surface area is 138 Å². The lowest BCUT2D eigenvalue weighted by molar-refractivity contribution is 0.280. The minimum Gasteiger partial charge on any atom is -0.506 e. The van der Waals surface area contributed by atoms with Crippen molar-refractivity contribution in [3.63, 3.8) is 0 Å². The van der Waals surface area contributed by atoms with Crippen LogP contribution in [0.15, 0.2) is 18.2 Å². The van der Waals surface area contributed by atoms with Crippen molar-refractivity contribution >= 4 is 27.5 Å². The zero-order valence-electron chi connectivity index (χ0n) is 13.8. The highest BCUT2D eigenvalue weighted by atomic mass is 32.2. The van der Waals surface area contributed by atoms with E-state index in [0.29, 0.717) is 23.8 Å². The molecule has 2 N–H and O–H groups in total. The maximum Gasteiger partial charge on any atom is 0.213 e. The summed E-state index contributed by atoms with van der Waals surface area (Å²) in [5.41, 5.74) is 0.127. The zero-order chi connectivity index (χ0) is 17.1. The number of nitrogens with zero attached hydrogens (tertiary/aromatic N) is 2. The molecule has 0 saturated heterocycles. The molecule has 1 unspecified atom stereocenters. The maximum atomic E-state index is 14.8. The number of fused-ring (bicyclic) bond motifs is 1. The summed E-state index contributed by atoms with van der Waals surface area (Å²) in [6.07, 6.45) is 2.52. The first kappa shape index (κ1) is 17.5. The van der Waals surface area contributed by atoms with Gasteiger partial charge in [-0.1, -0.05) is 13.8 Å². The summed E-state index contributed by atoms with van der Waals surface area (Å²) in [5.74, 6) is 0.0458. The number of phenolic OH excluding ortho intramolecular Hbond substituents is 1. The number of hydrogen-bond acceptors (Lipinski definition) is 4. The van der Waals surface area contributed by atoms with E-state index >= 15 is 0 Å². The first-order valence-electron chi connectivity index (χ1n) is 7.37. The van der Waals surface area contributed by atoms with E-state index in [1.807, 2.05) is 0 Å². The van der Waals surface area contributed by atoms with Gasteiger partial charge in [-0.25, -0.2) is 9.37 Å². The van der Waals surface area contributed by atoms with Crippen LogP contribution in [-0.4, -0.2) is 30.0 Å². The fourth-order valence-electron chi connectivity index (χ4n) is 2.10. The monoisotopic (exact) mass is 339 g/mol. The fourth-order valence-corrected chi connectivity index (χ4v) is 2.55. The lowest BCUT2D eigenvalue weighted by Gasteiger charge is -2.20. The predicted molar refractivity (Wildman–Crippen MR) is 92.7 cm³/mol. The molecule has 126 valence electrons. The summed E-state index contributed by atoms with van der Waals surface area (Å²) in [7, 11) is 0.607. The highest BCUT2D eigenvalue weighted by molar-refractivity contribution is 7.86. The van der Waals surface area contributed by atoms with Crippen molar-refractivity contribution in [3.05, 3.63) is 24.0 Å². The zero-order valence-corrected chi connectivity index (χ0v) is 14.6. The standard InChI is InChI=1S/C16H22FN3O2S/c1-10(2)7-8-22-13-6-5-11-9-12(21)16(20(3)23(4)18)14(17)15(11)19-13/h5-6,9-10,18,21H,7-8H2,1-4H3. The number of nitrogens with one attached hydrogen (secondary N) is 1. The van der Waals surface area contributed by atoms with Gasteiger partial charge in [0.15, 0.2) is 5.82 Å². The van der Waals surface area contributed by atoms with Crippen molar-refractivity contribution < 1.29 is 14.2 Å². The summed E-state index contributed by atoms with van der Waals surface area (Å²) in [6, 6.07) is 4.80. The van der Waals surface area contributed by atoms with Crippen LogP contribution in [0.4, 0.5) is 10.1 Å². The van der Waals surface area contributed by atoms with Crippen molar-refractivity contribution in [2.45, 2.75) is 20.3 Å². The van der Waals surface area contributed by atoms with Crippen molar-refractivity contribution in [1.29, 1.82) is 4.78 Å². The van der Waals surface area contributed by atoms with Crippen LogP contribution in [0.1, 0.15) is 20.3 Å². The van der Waals surface area contributed by atoms with Gasteiger partial charge in [0.25, 0.3) is 0 Å². The van der Waals surface area contributed by atoms with Crippen LogP contribution in [0.3, 0.4) is 0 Å². The van der Waals surface area contributed by atoms with Gasteiger partial charge in [0.05, 0.1) is 6.61 Å². The van der Waals surface area contributed by atoms with E-state index in [0.717, 1.165) is 6.42 Å². The van der Waals surface area contributed by atoms with Gasteiger partial charge in [-0.3, -0.25) is 4.78 Å². The number of pyridine rings is 1. The number of ether oxygens (including phenoxy) is 1. The number of anilines is 1. The van der Waals surface area contributed by atoms with Gasteiger partial charge >= 0.3 is 0 Å². The Morgan fingerprint density at radius 3 is 2.74 bits per heavy atom. The van der Waals surface area contributed by atoms with Crippen LogP contribution in [0.25, 0.3) is 10.9 Å². The van der Waals surface area contributed by atoms with Crippen LogP contribution < -0.4 is 9.04 Å². The molecule has 2 aromatic rings. The lowest BCUT2D eigenvalue weighted by Crippen LogP contribution is -2.19. The molecule has 1 aromatic carbocycles. The third-order valence-corrected chi connectivity index (χ3v) is 4.53. The van der Waals surface area contributed by atoms with Gasteiger partial charge in [-0.15, -0.1) is 0 Å². The summed E-state index contributed by atoms with van der Waals surface area (Å²) in [6.45, 7) is 4.73. The van der Waals surface area contributed by atoms with Crippen LogP contribution >= 0.6 is 0 Å². The molecule has 0 amide bonds. The smallest absolute Gasteiger partial charge is 0.213 e.